The molecule has 1 N–H and O–H groups in total. The van der Waals surface area contributed by atoms with Crippen molar-refractivity contribution in [3.05, 3.63) is 123 Å². The number of para-hydroxylation sites is 2. The lowest BCUT2D eigenvalue weighted by Crippen LogP contribution is -2.21. The zero-order chi connectivity index (χ0) is 30.6. The Morgan fingerprint density at radius 2 is 1.80 bits per heavy atom. The first kappa shape index (κ1) is 27.8. The number of hydrogen-bond acceptors (Lipinski definition) is 9. The number of nitrogens with one attached hydrogen (secondary N) is 1. The molecule has 0 aliphatic carbocycles. The second kappa shape index (κ2) is 11.9. The summed E-state index contributed by atoms with van der Waals surface area (Å²) in [6.45, 7) is -0.378. The molecule has 0 saturated heterocycles. The average molecular weight is 590 g/mol. The number of fused-ring (bicyclic) bond motifs is 2. The monoisotopic (exact) mass is 589 g/mol. The molecule has 44 heavy (non-hydrogen) atoms. The maximum absolute atomic E-state index is 13.7. The van der Waals surface area contributed by atoms with Crippen LogP contribution in [-0.4, -0.2) is 40.4 Å². The molecule has 218 valence electrons. The van der Waals surface area contributed by atoms with Gasteiger partial charge >= 0.3 is 0 Å². The van der Waals surface area contributed by atoms with Gasteiger partial charge in [-0.15, -0.1) is 0 Å². The summed E-state index contributed by atoms with van der Waals surface area (Å²) in [4.78, 5) is 41.8. The van der Waals surface area contributed by atoms with E-state index < -0.39 is 16.4 Å². The van der Waals surface area contributed by atoms with Gasteiger partial charge in [-0.25, -0.2) is 4.98 Å². The third-order valence-electron chi connectivity index (χ3n) is 6.65. The number of hydrogen-bond donors (Lipinski definition) is 1. The third kappa shape index (κ3) is 5.59. The zero-order valence-electron chi connectivity index (χ0n) is 23.2. The van der Waals surface area contributed by atoms with Gasteiger partial charge in [-0.2, -0.15) is 9.78 Å². The molecule has 0 saturated carbocycles. The van der Waals surface area contributed by atoms with Crippen LogP contribution in [0.3, 0.4) is 0 Å². The highest BCUT2D eigenvalue weighted by atomic mass is 16.6. The van der Waals surface area contributed by atoms with Gasteiger partial charge in [-0.3, -0.25) is 19.7 Å². The topological polar surface area (TPSA) is 151 Å². The van der Waals surface area contributed by atoms with Crippen LogP contribution in [0.5, 0.6) is 11.5 Å². The Bertz CT molecular complexity index is 2120. The number of nitrogens with zero attached hydrogens (tertiary/aromatic N) is 4. The van der Waals surface area contributed by atoms with Crippen molar-refractivity contribution in [2.24, 2.45) is 5.10 Å². The molecule has 1 amide bonds. The summed E-state index contributed by atoms with van der Waals surface area (Å²) in [5.41, 5.74) is 0.954. The quantitative estimate of drug-likeness (QED) is 0.130. The molecular weight excluding hydrogens is 566 g/mol. The van der Waals surface area contributed by atoms with Crippen molar-refractivity contribution in [3.8, 4) is 23.1 Å². The lowest BCUT2D eigenvalue weighted by atomic mass is 10.2. The summed E-state index contributed by atoms with van der Waals surface area (Å²) in [6.07, 6.45) is 1.24. The Labute approximate surface area is 248 Å². The molecule has 12 nitrogen and oxygen atoms in total. The first-order chi connectivity index (χ1) is 21.4. The van der Waals surface area contributed by atoms with Crippen molar-refractivity contribution in [1.29, 1.82) is 0 Å². The van der Waals surface area contributed by atoms with Crippen LogP contribution < -0.4 is 20.3 Å². The van der Waals surface area contributed by atoms with Gasteiger partial charge in [0.25, 0.3) is 17.2 Å². The summed E-state index contributed by atoms with van der Waals surface area (Å²) in [6, 6.07) is 26.5. The van der Waals surface area contributed by atoms with Crippen molar-refractivity contribution in [2.45, 2.75) is 0 Å². The minimum atomic E-state index is -0.569. The highest BCUT2D eigenvalue weighted by Crippen LogP contribution is 2.33. The van der Waals surface area contributed by atoms with Crippen molar-refractivity contribution in [3.63, 3.8) is 0 Å². The Hall–Kier alpha value is -6.30. The van der Waals surface area contributed by atoms with Gasteiger partial charge in [0.15, 0.2) is 12.4 Å². The van der Waals surface area contributed by atoms with Gasteiger partial charge in [0.05, 0.1) is 34.5 Å². The molecule has 2 heterocycles. The fourth-order valence-electron chi connectivity index (χ4n) is 4.58. The number of ether oxygens (including phenoxy) is 2. The Kier molecular flexibility index (Phi) is 7.53. The van der Waals surface area contributed by atoms with Crippen molar-refractivity contribution in [2.75, 3.05) is 19.0 Å². The highest BCUT2D eigenvalue weighted by molar-refractivity contribution is 5.92. The second-order valence-corrected chi connectivity index (χ2v) is 9.48. The van der Waals surface area contributed by atoms with Crippen LogP contribution in [0.2, 0.25) is 0 Å². The Morgan fingerprint density at radius 1 is 1.00 bits per heavy atom. The maximum atomic E-state index is 13.7. The van der Waals surface area contributed by atoms with E-state index in [0.717, 1.165) is 4.68 Å². The predicted octanol–water partition coefficient (Wildman–Crippen LogP) is 5.63. The second-order valence-electron chi connectivity index (χ2n) is 9.48. The number of nitro groups is 1. The van der Waals surface area contributed by atoms with E-state index in [1.807, 2.05) is 6.07 Å². The number of furan rings is 1. The molecule has 0 aliphatic heterocycles. The van der Waals surface area contributed by atoms with Gasteiger partial charge < -0.3 is 19.2 Å². The summed E-state index contributed by atoms with van der Waals surface area (Å²) < 4.78 is 18.3. The third-order valence-corrected chi connectivity index (χ3v) is 6.65. The normalized spacial score (nSPS) is 11.2. The van der Waals surface area contributed by atoms with Gasteiger partial charge in [0.1, 0.15) is 17.1 Å². The molecule has 0 atom stereocenters. The minimum Gasteiger partial charge on any atom is -0.496 e. The average Bonchev–Trinajstić information content (AvgIpc) is 3.48. The molecule has 0 radical (unpaired) electrons. The van der Waals surface area contributed by atoms with Crippen LogP contribution in [0, 0.1) is 10.1 Å². The van der Waals surface area contributed by atoms with E-state index >= 15 is 0 Å². The van der Waals surface area contributed by atoms with Gasteiger partial charge in [0.2, 0.25) is 5.82 Å². The van der Waals surface area contributed by atoms with E-state index in [0.29, 0.717) is 33.3 Å². The largest absolute Gasteiger partial charge is 0.496 e. The maximum Gasteiger partial charge on any atom is 0.282 e. The molecule has 0 aliphatic rings. The van der Waals surface area contributed by atoms with E-state index in [4.69, 9.17) is 13.9 Å². The van der Waals surface area contributed by atoms with Crippen LogP contribution in [0.15, 0.2) is 111 Å². The number of anilines is 1. The van der Waals surface area contributed by atoms with Crippen LogP contribution >= 0.6 is 0 Å². The van der Waals surface area contributed by atoms with E-state index in [1.54, 1.807) is 79.9 Å². The standard InChI is InChI=1S/C32H23N5O7/c1-42-27-12-7-13-28-24(27)17-29(44-28)31-35-25-11-6-5-10-23(25)32(39)36(31)33-18-20-16-22(37(40)41)14-15-26(20)43-19-30(38)34-21-8-3-2-4-9-21/h2-18H,19H2,1H3,(H,34,38). The molecule has 12 heteroatoms. The predicted molar refractivity (Wildman–Crippen MR) is 164 cm³/mol. The molecular formula is C32H23N5O7. The first-order valence-electron chi connectivity index (χ1n) is 13.3. The lowest BCUT2D eigenvalue weighted by Gasteiger charge is -2.10. The Morgan fingerprint density at radius 3 is 2.59 bits per heavy atom. The molecule has 6 rings (SSSR count). The van der Waals surface area contributed by atoms with Crippen LogP contribution in [0.1, 0.15) is 5.56 Å². The Balaban J connectivity index is 1.41. The van der Waals surface area contributed by atoms with E-state index in [9.17, 15) is 19.7 Å². The first-order valence-corrected chi connectivity index (χ1v) is 13.3. The number of rotatable bonds is 9. The van der Waals surface area contributed by atoms with Crippen molar-refractivity contribution in [1.82, 2.24) is 9.66 Å². The molecule has 0 fully saturated rings. The van der Waals surface area contributed by atoms with E-state index in [1.165, 1.54) is 24.4 Å². The minimum absolute atomic E-state index is 0.0957. The molecule has 0 bridgehead atoms. The van der Waals surface area contributed by atoms with Crippen LogP contribution in [0.25, 0.3) is 33.5 Å². The van der Waals surface area contributed by atoms with E-state index in [-0.39, 0.29) is 35.2 Å². The molecule has 4 aromatic carbocycles. The number of carbonyl (C=O) groups excluding carboxylic acids is 1. The SMILES string of the molecule is COc1cccc2oc(-c3nc4ccccc4c(=O)n3N=Cc3cc([N+](=O)[O-])ccc3OCC(=O)Nc3ccccc3)cc12. The molecule has 0 unspecified atom stereocenters. The van der Waals surface area contributed by atoms with Crippen LogP contribution in [-0.2, 0) is 4.79 Å². The number of non-ortho nitro benzene ring substituents is 1. The summed E-state index contributed by atoms with van der Waals surface area (Å²) in [5, 5.41) is 19.6. The van der Waals surface area contributed by atoms with Gasteiger partial charge in [0, 0.05) is 23.4 Å². The number of carbonyl (C=O) groups is 1. The smallest absolute Gasteiger partial charge is 0.282 e. The molecule has 0 spiro atoms. The van der Waals surface area contributed by atoms with Crippen molar-refractivity contribution >= 4 is 45.4 Å². The fourth-order valence-corrected chi connectivity index (χ4v) is 4.58. The van der Waals surface area contributed by atoms with Crippen molar-refractivity contribution < 1.29 is 23.6 Å². The summed E-state index contributed by atoms with van der Waals surface area (Å²) >= 11 is 0. The van der Waals surface area contributed by atoms with Gasteiger partial charge in [-0.1, -0.05) is 36.4 Å². The highest BCUT2D eigenvalue weighted by Gasteiger charge is 2.19. The number of aromatic nitrogens is 2. The fraction of sp³-hybridized carbons (Fsp3) is 0.0625. The molecule has 6 aromatic rings. The summed E-state index contributed by atoms with van der Waals surface area (Å²) in [5.74, 6) is 0.621. The number of amides is 1. The summed E-state index contributed by atoms with van der Waals surface area (Å²) in [7, 11) is 1.54. The van der Waals surface area contributed by atoms with Gasteiger partial charge in [-0.05, 0) is 48.5 Å². The number of nitro benzene ring substituents is 1. The van der Waals surface area contributed by atoms with Crippen LogP contribution in [0.4, 0.5) is 11.4 Å². The number of benzene rings is 4. The number of methoxy groups -OCH3 is 1. The zero-order valence-corrected chi connectivity index (χ0v) is 23.2. The molecule has 2 aromatic heterocycles. The van der Waals surface area contributed by atoms with E-state index in [2.05, 4.69) is 15.4 Å². The lowest BCUT2D eigenvalue weighted by molar-refractivity contribution is -0.384.